The largest absolute Gasteiger partial charge is 0.381 e. The first-order chi connectivity index (χ1) is 8.16. The highest BCUT2D eigenvalue weighted by atomic mass is 79.9. The molecule has 0 aromatic heterocycles. The van der Waals surface area contributed by atoms with Crippen LogP contribution >= 0.6 is 15.9 Å². The predicted molar refractivity (Wildman–Crippen MR) is 71.1 cm³/mol. The maximum atomic E-state index is 12.0. The maximum absolute atomic E-state index is 12.0. The van der Waals surface area contributed by atoms with Crippen molar-refractivity contribution in [1.82, 2.24) is 0 Å². The Morgan fingerprint density at radius 3 is 3.00 bits per heavy atom. The Balaban J connectivity index is 2.02. The number of halogens is 1. The number of nitrogens with one attached hydrogen (secondary N) is 1. The molecule has 1 aromatic rings. The second-order valence-corrected chi connectivity index (χ2v) is 5.28. The summed E-state index contributed by atoms with van der Waals surface area (Å²) in [6.07, 6.45) is 1.89. The topological polar surface area (TPSA) is 38.3 Å². The second-order valence-electron chi connectivity index (χ2n) is 4.36. The number of ether oxygens (including phenoxy) is 1. The lowest BCUT2D eigenvalue weighted by Gasteiger charge is -2.21. The van der Waals surface area contributed by atoms with E-state index in [1.165, 1.54) is 0 Å². The molecule has 0 spiro atoms. The van der Waals surface area contributed by atoms with Gasteiger partial charge in [-0.15, -0.1) is 0 Å². The van der Waals surface area contributed by atoms with Gasteiger partial charge in [-0.2, -0.15) is 0 Å². The van der Waals surface area contributed by atoms with E-state index in [-0.39, 0.29) is 11.8 Å². The van der Waals surface area contributed by atoms with Crippen molar-refractivity contribution in [2.45, 2.75) is 19.8 Å². The van der Waals surface area contributed by atoms with Gasteiger partial charge in [0, 0.05) is 16.8 Å². The molecule has 0 saturated carbocycles. The number of amides is 1. The molecule has 1 heterocycles. The molecule has 0 radical (unpaired) electrons. The zero-order valence-corrected chi connectivity index (χ0v) is 11.4. The summed E-state index contributed by atoms with van der Waals surface area (Å²) < 4.78 is 6.34. The van der Waals surface area contributed by atoms with Gasteiger partial charge in [-0.05, 0) is 43.5 Å². The average Bonchev–Trinajstić information content (AvgIpc) is 2.34. The zero-order valence-electron chi connectivity index (χ0n) is 9.83. The third-order valence-corrected chi connectivity index (χ3v) is 3.47. The lowest BCUT2D eigenvalue weighted by Crippen LogP contribution is -2.30. The van der Waals surface area contributed by atoms with Gasteiger partial charge in [-0.1, -0.05) is 15.9 Å². The molecular weight excluding hydrogens is 282 g/mol. The number of hydrogen-bond acceptors (Lipinski definition) is 2. The lowest BCUT2D eigenvalue weighted by atomic mass is 10.0. The molecule has 3 nitrogen and oxygen atoms in total. The van der Waals surface area contributed by atoms with Crippen LogP contribution in [0.25, 0.3) is 0 Å². The monoisotopic (exact) mass is 297 g/mol. The number of carbonyl (C=O) groups excluding carboxylic acids is 1. The summed E-state index contributed by atoms with van der Waals surface area (Å²) in [5.41, 5.74) is 1.94. The predicted octanol–water partition coefficient (Wildman–Crippen LogP) is 3.12. The molecule has 0 bridgehead atoms. The average molecular weight is 298 g/mol. The smallest absolute Gasteiger partial charge is 0.229 e. The number of rotatable bonds is 2. The molecule has 1 atom stereocenters. The highest BCUT2D eigenvalue weighted by molar-refractivity contribution is 9.10. The molecule has 1 fully saturated rings. The van der Waals surface area contributed by atoms with E-state index in [0.29, 0.717) is 6.61 Å². The number of benzene rings is 1. The quantitative estimate of drug-likeness (QED) is 0.911. The van der Waals surface area contributed by atoms with E-state index in [1.807, 2.05) is 25.1 Å². The van der Waals surface area contributed by atoms with E-state index in [2.05, 4.69) is 21.2 Å². The van der Waals surface area contributed by atoms with Gasteiger partial charge in [-0.3, -0.25) is 4.79 Å². The SMILES string of the molecule is Cc1cc(Br)ccc1NC(=O)C1CCCOC1. The summed E-state index contributed by atoms with van der Waals surface area (Å²) >= 11 is 3.41. The summed E-state index contributed by atoms with van der Waals surface area (Å²) in [6, 6.07) is 5.84. The second kappa shape index (κ2) is 5.65. The maximum Gasteiger partial charge on any atom is 0.229 e. The van der Waals surface area contributed by atoms with E-state index in [9.17, 15) is 4.79 Å². The Morgan fingerprint density at radius 2 is 2.35 bits per heavy atom. The third-order valence-electron chi connectivity index (χ3n) is 2.98. The molecular formula is C13H16BrNO2. The van der Waals surface area contributed by atoms with Gasteiger partial charge in [-0.25, -0.2) is 0 Å². The fraction of sp³-hybridized carbons (Fsp3) is 0.462. The van der Waals surface area contributed by atoms with Gasteiger partial charge >= 0.3 is 0 Å². The van der Waals surface area contributed by atoms with Gasteiger partial charge < -0.3 is 10.1 Å². The Kier molecular flexibility index (Phi) is 4.18. The molecule has 1 aliphatic heterocycles. The molecule has 0 aliphatic carbocycles. The molecule has 1 unspecified atom stereocenters. The Bertz CT molecular complexity index is 414. The van der Waals surface area contributed by atoms with E-state index in [0.717, 1.165) is 35.2 Å². The molecule has 2 rings (SSSR count). The van der Waals surface area contributed by atoms with Crippen molar-refractivity contribution in [3.05, 3.63) is 28.2 Å². The van der Waals surface area contributed by atoms with Gasteiger partial charge in [0.25, 0.3) is 0 Å². The minimum absolute atomic E-state index is 0.00760. The normalized spacial score (nSPS) is 20.0. The third kappa shape index (κ3) is 3.30. The van der Waals surface area contributed by atoms with Crippen LogP contribution in [0.4, 0.5) is 5.69 Å². The molecule has 1 saturated heterocycles. The van der Waals surface area contributed by atoms with Crippen molar-refractivity contribution in [2.75, 3.05) is 18.5 Å². The molecule has 1 amide bonds. The van der Waals surface area contributed by atoms with Crippen LogP contribution in [0.15, 0.2) is 22.7 Å². The van der Waals surface area contributed by atoms with Crippen LogP contribution in [0.5, 0.6) is 0 Å². The van der Waals surface area contributed by atoms with Crippen LogP contribution in [0.3, 0.4) is 0 Å². The Labute approximate surface area is 110 Å². The molecule has 92 valence electrons. The van der Waals surface area contributed by atoms with Gasteiger partial charge in [0.2, 0.25) is 5.91 Å². The van der Waals surface area contributed by atoms with Crippen LogP contribution in [0.1, 0.15) is 18.4 Å². The van der Waals surface area contributed by atoms with Crippen molar-refractivity contribution >= 4 is 27.5 Å². The Morgan fingerprint density at radius 1 is 1.53 bits per heavy atom. The summed E-state index contributed by atoms with van der Waals surface area (Å²) in [5, 5.41) is 2.97. The lowest BCUT2D eigenvalue weighted by molar-refractivity contribution is -0.123. The first kappa shape index (κ1) is 12.6. The van der Waals surface area contributed by atoms with Crippen LogP contribution in [-0.2, 0) is 9.53 Å². The van der Waals surface area contributed by atoms with E-state index in [4.69, 9.17) is 4.74 Å². The Hall–Kier alpha value is -0.870. The first-order valence-electron chi connectivity index (χ1n) is 5.81. The van der Waals surface area contributed by atoms with E-state index < -0.39 is 0 Å². The molecule has 1 aromatic carbocycles. The molecule has 1 aliphatic rings. The van der Waals surface area contributed by atoms with Crippen LogP contribution < -0.4 is 5.32 Å². The standard InChI is InChI=1S/C13H16BrNO2/c1-9-7-11(14)4-5-12(9)15-13(16)10-3-2-6-17-8-10/h4-5,7,10H,2-3,6,8H2,1H3,(H,15,16). The minimum atomic E-state index is -0.00760. The molecule has 1 N–H and O–H groups in total. The highest BCUT2D eigenvalue weighted by Crippen LogP contribution is 2.22. The van der Waals surface area contributed by atoms with Crippen molar-refractivity contribution in [2.24, 2.45) is 5.92 Å². The van der Waals surface area contributed by atoms with Gasteiger partial charge in [0.05, 0.1) is 12.5 Å². The summed E-state index contributed by atoms with van der Waals surface area (Å²) in [6.45, 7) is 3.31. The molecule has 4 heteroatoms. The van der Waals surface area contributed by atoms with Crippen molar-refractivity contribution < 1.29 is 9.53 Å². The summed E-state index contributed by atoms with van der Waals surface area (Å²) in [4.78, 5) is 12.0. The van der Waals surface area contributed by atoms with Crippen LogP contribution in [-0.4, -0.2) is 19.1 Å². The van der Waals surface area contributed by atoms with E-state index >= 15 is 0 Å². The fourth-order valence-corrected chi connectivity index (χ4v) is 2.43. The fourth-order valence-electron chi connectivity index (χ4n) is 1.95. The number of anilines is 1. The number of carbonyl (C=O) groups is 1. The van der Waals surface area contributed by atoms with Crippen molar-refractivity contribution in [3.63, 3.8) is 0 Å². The number of hydrogen-bond donors (Lipinski definition) is 1. The summed E-state index contributed by atoms with van der Waals surface area (Å²) in [5.74, 6) is 0.0573. The summed E-state index contributed by atoms with van der Waals surface area (Å²) in [7, 11) is 0. The van der Waals surface area contributed by atoms with Crippen molar-refractivity contribution in [1.29, 1.82) is 0 Å². The van der Waals surface area contributed by atoms with Crippen LogP contribution in [0.2, 0.25) is 0 Å². The highest BCUT2D eigenvalue weighted by Gasteiger charge is 2.22. The first-order valence-corrected chi connectivity index (χ1v) is 6.61. The van der Waals surface area contributed by atoms with E-state index in [1.54, 1.807) is 0 Å². The zero-order chi connectivity index (χ0) is 12.3. The van der Waals surface area contributed by atoms with Gasteiger partial charge in [0.15, 0.2) is 0 Å². The number of aryl methyl sites for hydroxylation is 1. The van der Waals surface area contributed by atoms with Crippen molar-refractivity contribution in [3.8, 4) is 0 Å². The van der Waals surface area contributed by atoms with Gasteiger partial charge in [0.1, 0.15) is 0 Å². The minimum Gasteiger partial charge on any atom is -0.381 e. The molecule has 17 heavy (non-hydrogen) atoms. The van der Waals surface area contributed by atoms with Crippen LogP contribution in [0, 0.1) is 12.8 Å².